The van der Waals surface area contributed by atoms with Crippen LogP contribution in [0.1, 0.15) is 25.0 Å². The van der Waals surface area contributed by atoms with Crippen LogP contribution >= 0.6 is 0 Å². The Morgan fingerprint density at radius 2 is 1.11 bits per heavy atom. The SMILES string of the molecule is CC1(C)c2cc(-c3cccc4oc5cc6ccccc6cc5c34)ccc2-c2c1c(-c1cccc3ccccc13)cc1ccccc21. The van der Waals surface area contributed by atoms with Crippen molar-refractivity contribution in [2.75, 3.05) is 0 Å². The van der Waals surface area contributed by atoms with Gasteiger partial charge in [0.15, 0.2) is 0 Å². The predicted octanol–water partition coefficient (Wildman–Crippen LogP) is 12.7. The normalized spacial score (nSPS) is 13.6. The number of rotatable bonds is 2. The molecule has 0 radical (unpaired) electrons. The first-order valence-corrected chi connectivity index (χ1v) is 16.1. The fourth-order valence-electron chi connectivity index (χ4n) is 8.28. The predicted molar refractivity (Wildman–Crippen MR) is 195 cm³/mol. The second kappa shape index (κ2) is 9.19. The molecule has 0 N–H and O–H groups in total. The van der Waals surface area contributed by atoms with Crippen LogP contribution in [-0.4, -0.2) is 0 Å². The molecule has 1 aromatic heterocycles. The van der Waals surface area contributed by atoms with Crippen LogP contribution in [0.5, 0.6) is 0 Å². The summed E-state index contributed by atoms with van der Waals surface area (Å²) >= 11 is 0. The fraction of sp³-hybridized carbons (Fsp3) is 0.0667. The third kappa shape index (κ3) is 3.46. The molecule has 1 heteroatoms. The lowest BCUT2D eigenvalue weighted by Crippen LogP contribution is -2.16. The lowest BCUT2D eigenvalue weighted by Gasteiger charge is -2.26. The molecule has 0 fully saturated rings. The van der Waals surface area contributed by atoms with Gasteiger partial charge in [0, 0.05) is 16.2 Å². The Morgan fingerprint density at radius 1 is 0.435 bits per heavy atom. The largest absolute Gasteiger partial charge is 0.456 e. The summed E-state index contributed by atoms with van der Waals surface area (Å²) in [5, 5.41) is 9.92. The maximum absolute atomic E-state index is 6.45. The van der Waals surface area contributed by atoms with Gasteiger partial charge in [-0.3, -0.25) is 0 Å². The molecule has 0 amide bonds. The van der Waals surface area contributed by atoms with E-state index in [0.717, 1.165) is 16.6 Å². The molecule has 10 rings (SSSR count). The minimum absolute atomic E-state index is 0.209. The van der Waals surface area contributed by atoms with Crippen LogP contribution in [0.4, 0.5) is 0 Å². The minimum atomic E-state index is -0.209. The van der Waals surface area contributed by atoms with Gasteiger partial charge in [0.1, 0.15) is 11.2 Å². The molecule has 0 unspecified atom stereocenters. The van der Waals surface area contributed by atoms with E-state index in [0.29, 0.717) is 0 Å². The molecule has 0 spiro atoms. The van der Waals surface area contributed by atoms with Crippen molar-refractivity contribution in [3.8, 4) is 33.4 Å². The Labute approximate surface area is 267 Å². The zero-order chi connectivity index (χ0) is 30.6. The molecule has 216 valence electrons. The Morgan fingerprint density at radius 3 is 1.96 bits per heavy atom. The van der Waals surface area contributed by atoms with Gasteiger partial charge in [0.2, 0.25) is 0 Å². The molecular weight excluding hydrogens is 556 g/mol. The van der Waals surface area contributed by atoms with Crippen molar-refractivity contribution in [1.82, 2.24) is 0 Å². The molecule has 1 aliphatic carbocycles. The number of benzene rings is 8. The summed E-state index contributed by atoms with van der Waals surface area (Å²) in [5.41, 5.74) is 12.2. The lowest BCUT2D eigenvalue weighted by atomic mass is 9.77. The van der Waals surface area contributed by atoms with Crippen LogP contribution in [-0.2, 0) is 5.41 Å². The van der Waals surface area contributed by atoms with Crippen molar-refractivity contribution < 1.29 is 4.42 Å². The van der Waals surface area contributed by atoms with Crippen molar-refractivity contribution in [1.29, 1.82) is 0 Å². The maximum atomic E-state index is 6.45. The van der Waals surface area contributed by atoms with Crippen molar-refractivity contribution in [3.05, 3.63) is 157 Å². The van der Waals surface area contributed by atoms with Gasteiger partial charge in [-0.1, -0.05) is 129 Å². The third-order valence-electron chi connectivity index (χ3n) is 10.4. The summed E-state index contributed by atoms with van der Waals surface area (Å²) in [7, 11) is 0. The topological polar surface area (TPSA) is 13.1 Å². The second-order valence-electron chi connectivity index (χ2n) is 13.3. The van der Waals surface area contributed by atoms with Gasteiger partial charge in [0.25, 0.3) is 0 Å². The summed E-state index contributed by atoms with van der Waals surface area (Å²) in [4.78, 5) is 0. The van der Waals surface area contributed by atoms with E-state index >= 15 is 0 Å². The molecule has 0 saturated heterocycles. The van der Waals surface area contributed by atoms with Crippen molar-refractivity contribution >= 4 is 54.3 Å². The average molecular weight is 587 g/mol. The highest BCUT2D eigenvalue weighted by molar-refractivity contribution is 6.16. The van der Waals surface area contributed by atoms with Crippen LogP contribution < -0.4 is 0 Å². The quantitative estimate of drug-likeness (QED) is 0.196. The first-order valence-electron chi connectivity index (χ1n) is 16.1. The van der Waals surface area contributed by atoms with Crippen molar-refractivity contribution in [3.63, 3.8) is 0 Å². The standard InChI is InChI=1S/C45H30O/c1-45(2)39-25-31(33-18-10-20-40-42(33)38-23-28-12-3-4-13-29(28)26-41(38)46-40)21-22-36(39)43-34-17-8-6-14-30(34)24-37(44(43)45)35-19-9-15-27-11-5-7-16-32(27)35/h3-26H,1-2H3. The zero-order valence-electron chi connectivity index (χ0n) is 25.8. The highest BCUT2D eigenvalue weighted by atomic mass is 16.3. The second-order valence-corrected chi connectivity index (χ2v) is 13.3. The minimum Gasteiger partial charge on any atom is -0.456 e. The summed E-state index contributed by atoms with van der Waals surface area (Å²) in [5.74, 6) is 0. The molecule has 0 saturated carbocycles. The molecule has 1 aliphatic rings. The van der Waals surface area contributed by atoms with Crippen molar-refractivity contribution in [2.45, 2.75) is 19.3 Å². The van der Waals surface area contributed by atoms with Crippen LogP contribution in [0, 0.1) is 0 Å². The van der Waals surface area contributed by atoms with Gasteiger partial charge in [-0.05, 0) is 107 Å². The number of furan rings is 1. The van der Waals surface area contributed by atoms with E-state index in [4.69, 9.17) is 4.42 Å². The fourth-order valence-corrected chi connectivity index (χ4v) is 8.28. The summed E-state index contributed by atoms with van der Waals surface area (Å²) < 4.78 is 6.45. The number of hydrogen-bond donors (Lipinski definition) is 0. The summed E-state index contributed by atoms with van der Waals surface area (Å²) in [6, 6.07) is 53.4. The maximum Gasteiger partial charge on any atom is 0.136 e. The Kier molecular flexibility index (Phi) is 5.12. The van der Waals surface area contributed by atoms with E-state index in [1.54, 1.807) is 0 Å². The Hall–Kier alpha value is -5.66. The summed E-state index contributed by atoms with van der Waals surface area (Å²) in [6.07, 6.45) is 0. The molecular formula is C45H30O. The molecule has 0 atom stereocenters. The Balaban J connectivity index is 1.24. The van der Waals surface area contributed by atoms with Crippen LogP contribution in [0.3, 0.4) is 0 Å². The van der Waals surface area contributed by atoms with E-state index in [1.807, 2.05) is 0 Å². The lowest BCUT2D eigenvalue weighted by molar-refractivity contribution is 0.663. The van der Waals surface area contributed by atoms with E-state index in [2.05, 4.69) is 159 Å². The van der Waals surface area contributed by atoms with Gasteiger partial charge in [0.05, 0.1) is 0 Å². The highest BCUT2D eigenvalue weighted by Gasteiger charge is 2.39. The summed E-state index contributed by atoms with van der Waals surface area (Å²) in [6.45, 7) is 4.82. The van der Waals surface area contributed by atoms with E-state index in [9.17, 15) is 0 Å². The molecule has 9 aromatic rings. The molecule has 0 aliphatic heterocycles. The van der Waals surface area contributed by atoms with E-state index < -0.39 is 0 Å². The molecule has 1 nitrogen and oxygen atoms in total. The first kappa shape index (κ1) is 25.6. The van der Waals surface area contributed by atoms with Gasteiger partial charge in [-0.25, -0.2) is 0 Å². The number of hydrogen-bond acceptors (Lipinski definition) is 1. The highest BCUT2D eigenvalue weighted by Crippen LogP contribution is 2.56. The zero-order valence-corrected chi connectivity index (χ0v) is 25.8. The van der Waals surface area contributed by atoms with Gasteiger partial charge in [-0.2, -0.15) is 0 Å². The van der Waals surface area contributed by atoms with Crippen LogP contribution in [0.2, 0.25) is 0 Å². The average Bonchev–Trinajstić information content (AvgIpc) is 3.58. The monoisotopic (exact) mass is 586 g/mol. The molecule has 46 heavy (non-hydrogen) atoms. The van der Waals surface area contributed by atoms with E-state index in [1.165, 1.54) is 82.2 Å². The van der Waals surface area contributed by atoms with Gasteiger partial charge >= 0.3 is 0 Å². The van der Waals surface area contributed by atoms with Crippen LogP contribution in [0.15, 0.2) is 150 Å². The molecule has 8 aromatic carbocycles. The smallest absolute Gasteiger partial charge is 0.136 e. The Bertz CT molecular complexity index is 2720. The van der Waals surface area contributed by atoms with Crippen LogP contribution in [0.25, 0.3) is 87.6 Å². The van der Waals surface area contributed by atoms with Gasteiger partial charge < -0.3 is 4.42 Å². The van der Waals surface area contributed by atoms with E-state index in [-0.39, 0.29) is 5.41 Å². The number of fused-ring (bicyclic) bond motifs is 10. The molecule has 1 heterocycles. The third-order valence-corrected chi connectivity index (χ3v) is 10.4. The molecule has 0 bridgehead atoms. The van der Waals surface area contributed by atoms with Gasteiger partial charge in [-0.15, -0.1) is 0 Å². The first-order chi connectivity index (χ1) is 22.6. The van der Waals surface area contributed by atoms with Crippen molar-refractivity contribution in [2.24, 2.45) is 0 Å².